The standard InChI is InChI=1S/C13H13NO3S2/c1-3-8-4-5-18-11(8)12(15)14-9-6-7(2)10(19-9)13(16)17/h4-6H,3H2,1-2H3,(H,14,15)(H,16,17). The van der Waals surface area contributed by atoms with Crippen LogP contribution < -0.4 is 5.32 Å². The molecule has 0 unspecified atom stereocenters. The molecule has 0 spiro atoms. The number of carbonyl (C=O) groups is 2. The minimum atomic E-state index is -0.964. The van der Waals surface area contributed by atoms with Crippen LogP contribution >= 0.6 is 22.7 Å². The lowest BCUT2D eigenvalue weighted by molar-refractivity contribution is 0.0701. The maximum Gasteiger partial charge on any atom is 0.346 e. The minimum absolute atomic E-state index is 0.176. The predicted octanol–water partition coefficient (Wildman–Crippen LogP) is 3.63. The summed E-state index contributed by atoms with van der Waals surface area (Å²) in [6, 6.07) is 3.62. The summed E-state index contributed by atoms with van der Waals surface area (Å²) in [5.41, 5.74) is 1.67. The van der Waals surface area contributed by atoms with Gasteiger partial charge in [0.2, 0.25) is 0 Å². The Morgan fingerprint density at radius 1 is 1.37 bits per heavy atom. The van der Waals surface area contributed by atoms with E-state index in [-0.39, 0.29) is 10.8 Å². The van der Waals surface area contributed by atoms with Gasteiger partial charge in [-0.15, -0.1) is 22.7 Å². The van der Waals surface area contributed by atoms with E-state index in [1.54, 1.807) is 13.0 Å². The van der Waals surface area contributed by atoms with Gasteiger partial charge in [-0.1, -0.05) is 6.92 Å². The molecule has 4 nitrogen and oxygen atoms in total. The van der Waals surface area contributed by atoms with Crippen molar-refractivity contribution in [2.45, 2.75) is 20.3 Å². The van der Waals surface area contributed by atoms with Gasteiger partial charge in [-0.3, -0.25) is 4.79 Å². The number of carboxylic acid groups (broad SMARTS) is 1. The molecule has 6 heteroatoms. The lowest BCUT2D eigenvalue weighted by Crippen LogP contribution is -2.10. The fourth-order valence-electron chi connectivity index (χ4n) is 1.74. The molecule has 0 atom stereocenters. The van der Waals surface area contributed by atoms with Gasteiger partial charge in [0.25, 0.3) is 5.91 Å². The molecule has 2 N–H and O–H groups in total. The summed E-state index contributed by atoms with van der Waals surface area (Å²) in [7, 11) is 0. The second-order valence-corrected chi connectivity index (χ2v) is 5.98. The zero-order valence-electron chi connectivity index (χ0n) is 10.5. The molecular formula is C13H13NO3S2. The van der Waals surface area contributed by atoms with Crippen LogP contribution in [0.25, 0.3) is 0 Å². The quantitative estimate of drug-likeness (QED) is 0.905. The molecule has 2 aromatic heterocycles. The van der Waals surface area contributed by atoms with E-state index in [2.05, 4.69) is 5.32 Å². The monoisotopic (exact) mass is 295 g/mol. The van der Waals surface area contributed by atoms with Gasteiger partial charge in [0.05, 0.1) is 9.88 Å². The average Bonchev–Trinajstić information content (AvgIpc) is 2.95. The van der Waals surface area contributed by atoms with Crippen molar-refractivity contribution in [1.29, 1.82) is 0 Å². The smallest absolute Gasteiger partial charge is 0.346 e. The van der Waals surface area contributed by atoms with Crippen LogP contribution in [0.3, 0.4) is 0 Å². The molecule has 1 amide bonds. The van der Waals surface area contributed by atoms with Crippen molar-refractivity contribution in [2.75, 3.05) is 5.32 Å². The van der Waals surface area contributed by atoms with E-state index in [0.29, 0.717) is 15.4 Å². The molecule has 2 heterocycles. The maximum atomic E-state index is 12.1. The van der Waals surface area contributed by atoms with E-state index < -0.39 is 5.97 Å². The van der Waals surface area contributed by atoms with Gasteiger partial charge in [-0.25, -0.2) is 4.79 Å². The summed E-state index contributed by atoms with van der Waals surface area (Å²) >= 11 is 2.47. The Morgan fingerprint density at radius 3 is 2.68 bits per heavy atom. The van der Waals surface area contributed by atoms with Crippen LogP contribution in [0.2, 0.25) is 0 Å². The molecule has 100 valence electrons. The van der Waals surface area contributed by atoms with E-state index in [4.69, 9.17) is 5.11 Å². The molecule has 0 fully saturated rings. The lowest BCUT2D eigenvalue weighted by Gasteiger charge is -2.02. The van der Waals surface area contributed by atoms with E-state index in [1.165, 1.54) is 11.3 Å². The SMILES string of the molecule is CCc1ccsc1C(=O)Nc1cc(C)c(C(=O)O)s1. The molecule has 0 radical (unpaired) electrons. The number of aromatic carboxylic acids is 1. The van der Waals surface area contributed by atoms with Crippen molar-refractivity contribution >= 4 is 39.6 Å². The molecule has 0 saturated heterocycles. The Kier molecular flexibility index (Phi) is 4.01. The molecule has 0 aliphatic carbocycles. The van der Waals surface area contributed by atoms with E-state index in [9.17, 15) is 9.59 Å². The van der Waals surface area contributed by atoms with Crippen LogP contribution in [0.5, 0.6) is 0 Å². The summed E-state index contributed by atoms with van der Waals surface area (Å²) in [6.45, 7) is 3.72. The Hall–Kier alpha value is -1.66. The van der Waals surface area contributed by atoms with Gasteiger partial charge in [-0.05, 0) is 42.0 Å². The zero-order valence-corrected chi connectivity index (χ0v) is 12.2. The highest BCUT2D eigenvalue weighted by molar-refractivity contribution is 7.18. The van der Waals surface area contributed by atoms with E-state index >= 15 is 0 Å². The molecule has 0 bridgehead atoms. The molecule has 2 rings (SSSR count). The van der Waals surface area contributed by atoms with Crippen molar-refractivity contribution in [2.24, 2.45) is 0 Å². The third-order valence-corrected chi connectivity index (χ3v) is 4.78. The molecule has 19 heavy (non-hydrogen) atoms. The van der Waals surface area contributed by atoms with Crippen molar-refractivity contribution in [1.82, 2.24) is 0 Å². The number of carboxylic acids is 1. The Morgan fingerprint density at radius 2 is 2.11 bits per heavy atom. The third-order valence-electron chi connectivity index (χ3n) is 2.68. The molecule has 2 aromatic rings. The average molecular weight is 295 g/mol. The van der Waals surface area contributed by atoms with E-state index in [1.807, 2.05) is 18.4 Å². The normalized spacial score (nSPS) is 10.4. The highest BCUT2D eigenvalue weighted by Crippen LogP contribution is 2.28. The first-order valence-electron chi connectivity index (χ1n) is 5.74. The van der Waals surface area contributed by atoms with Gasteiger partial charge in [0.15, 0.2) is 0 Å². The van der Waals surface area contributed by atoms with Crippen molar-refractivity contribution in [3.05, 3.63) is 38.4 Å². The minimum Gasteiger partial charge on any atom is -0.477 e. The summed E-state index contributed by atoms with van der Waals surface area (Å²) in [6.07, 6.45) is 0.802. The van der Waals surface area contributed by atoms with Crippen LogP contribution in [0.15, 0.2) is 17.5 Å². The number of hydrogen-bond acceptors (Lipinski definition) is 4. The predicted molar refractivity (Wildman–Crippen MR) is 77.7 cm³/mol. The second kappa shape index (κ2) is 5.54. The molecular weight excluding hydrogens is 282 g/mol. The number of hydrogen-bond donors (Lipinski definition) is 2. The number of anilines is 1. The summed E-state index contributed by atoms with van der Waals surface area (Å²) in [5.74, 6) is -1.14. The van der Waals surface area contributed by atoms with Crippen molar-refractivity contribution in [3.63, 3.8) is 0 Å². The van der Waals surface area contributed by atoms with Gasteiger partial charge >= 0.3 is 5.97 Å². The number of nitrogens with one attached hydrogen (secondary N) is 1. The van der Waals surface area contributed by atoms with Crippen LogP contribution in [-0.2, 0) is 6.42 Å². The van der Waals surface area contributed by atoms with Gasteiger partial charge in [0.1, 0.15) is 4.88 Å². The first-order valence-corrected chi connectivity index (χ1v) is 7.44. The molecule has 0 saturated carbocycles. The first kappa shape index (κ1) is 13.8. The number of aryl methyl sites for hydroxylation is 2. The number of amides is 1. The Labute approximate surface area is 118 Å². The van der Waals surface area contributed by atoms with Crippen molar-refractivity contribution in [3.8, 4) is 0 Å². The lowest BCUT2D eigenvalue weighted by atomic mass is 10.2. The molecule has 0 aromatic carbocycles. The van der Waals surface area contributed by atoms with Crippen LogP contribution in [-0.4, -0.2) is 17.0 Å². The number of thiophene rings is 2. The number of carbonyl (C=O) groups excluding carboxylic acids is 1. The van der Waals surface area contributed by atoms with Crippen molar-refractivity contribution < 1.29 is 14.7 Å². The highest BCUT2D eigenvalue weighted by Gasteiger charge is 2.16. The topological polar surface area (TPSA) is 66.4 Å². The summed E-state index contributed by atoms with van der Waals surface area (Å²) in [4.78, 5) is 24.0. The second-order valence-electron chi connectivity index (χ2n) is 4.01. The largest absolute Gasteiger partial charge is 0.477 e. The first-order chi connectivity index (χ1) is 9.02. The van der Waals surface area contributed by atoms with Gasteiger partial charge in [0, 0.05) is 0 Å². The Bertz CT molecular complexity index is 628. The fourth-order valence-corrected chi connectivity index (χ4v) is 3.53. The highest BCUT2D eigenvalue weighted by atomic mass is 32.1. The van der Waals surface area contributed by atoms with E-state index in [0.717, 1.165) is 23.3 Å². The molecule has 0 aliphatic rings. The summed E-state index contributed by atoms with van der Waals surface area (Å²) < 4.78 is 0. The van der Waals surface area contributed by atoms with Crippen LogP contribution in [0.4, 0.5) is 5.00 Å². The van der Waals surface area contributed by atoms with Crippen LogP contribution in [0, 0.1) is 6.92 Å². The van der Waals surface area contributed by atoms with Crippen LogP contribution in [0.1, 0.15) is 37.4 Å². The number of rotatable bonds is 4. The zero-order chi connectivity index (χ0) is 14.0. The maximum absolute atomic E-state index is 12.1. The van der Waals surface area contributed by atoms with Gasteiger partial charge < -0.3 is 10.4 Å². The summed E-state index contributed by atoms with van der Waals surface area (Å²) in [5, 5.41) is 14.2. The third kappa shape index (κ3) is 2.85. The molecule has 0 aliphatic heterocycles. The fraction of sp³-hybridized carbons (Fsp3) is 0.231. The van der Waals surface area contributed by atoms with Gasteiger partial charge in [-0.2, -0.15) is 0 Å². The Balaban J connectivity index is 2.20.